The first kappa shape index (κ1) is 35.8. The highest BCUT2D eigenvalue weighted by Gasteiger charge is 2.43. The number of hydrogen-bond donors (Lipinski definition) is 2. The lowest BCUT2D eigenvalue weighted by Crippen LogP contribution is -2.44. The van der Waals surface area contributed by atoms with Crippen molar-refractivity contribution < 1.29 is 32.6 Å². The number of amides is 1. The Morgan fingerprint density at radius 3 is 2.43 bits per heavy atom. The first-order valence-electron chi connectivity index (χ1n) is 19.0. The number of fused-ring (bicyclic) bond motifs is 3. The molecule has 5 aliphatic rings. The standard InChI is InChI=1S/C39H46F3N7O4/c40-39(41,42)35-31(36(50)46-29-16-23-13-24(17-29)15-28(14-23)37(51)52)19-45-38(47-35)49-21-32(25-6-11-53-12-7-25)30-18-26(4-5-33(30)49)27-3-1-10-48(20-27)22-34-43-8-2-9-44-34/h2,4-5,8-9,18-19,23-25,27-29,32H,1,3,6-7,10-17,20-22H2,(H,46,50)(H,51,52). The number of ether oxygens (including phenoxy) is 1. The number of piperidine rings is 1. The Balaban J connectivity index is 1.04. The molecular weight excluding hydrogens is 687 g/mol. The molecule has 53 heavy (non-hydrogen) atoms. The quantitative estimate of drug-likeness (QED) is 0.270. The highest BCUT2D eigenvalue weighted by molar-refractivity contribution is 5.95. The van der Waals surface area contributed by atoms with Gasteiger partial charge < -0.3 is 20.1 Å². The van der Waals surface area contributed by atoms with Gasteiger partial charge in [0.1, 0.15) is 5.82 Å². The second-order valence-electron chi connectivity index (χ2n) is 15.8. The summed E-state index contributed by atoms with van der Waals surface area (Å²) >= 11 is 0. The van der Waals surface area contributed by atoms with E-state index < -0.39 is 35.2 Å². The molecule has 1 aromatic carbocycles. The molecule has 1 amide bonds. The Bertz CT molecular complexity index is 1790. The highest BCUT2D eigenvalue weighted by Crippen LogP contribution is 2.48. The van der Waals surface area contributed by atoms with Crippen molar-refractivity contribution in [3.8, 4) is 0 Å². The maximum absolute atomic E-state index is 14.7. The first-order valence-corrected chi connectivity index (χ1v) is 19.0. The molecule has 2 saturated carbocycles. The Morgan fingerprint density at radius 1 is 0.962 bits per heavy atom. The van der Waals surface area contributed by atoms with E-state index in [1.165, 1.54) is 5.56 Å². The molecule has 3 aromatic rings. The third-order valence-electron chi connectivity index (χ3n) is 12.3. The lowest BCUT2D eigenvalue weighted by molar-refractivity contribution is -0.144. The summed E-state index contributed by atoms with van der Waals surface area (Å²) in [4.78, 5) is 46.5. The van der Waals surface area contributed by atoms with Crippen LogP contribution in [0.25, 0.3) is 0 Å². The average molecular weight is 734 g/mol. The topological polar surface area (TPSA) is 134 Å². The fourth-order valence-electron chi connectivity index (χ4n) is 9.87. The number of carboxylic acid groups (broad SMARTS) is 1. The van der Waals surface area contributed by atoms with Gasteiger partial charge in [-0.25, -0.2) is 19.9 Å². The molecular formula is C39H46F3N7O4. The normalized spacial score (nSPS) is 28.0. The monoisotopic (exact) mass is 733 g/mol. The van der Waals surface area contributed by atoms with Crippen LogP contribution in [0.2, 0.25) is 0 Å². The van der Waals surface area contributed by atoms with Gasteiger partial charge in [0.15, 0.2) is 5.69 Å². The van der Waals surface area contributed by atoms with Gasteiger partial charge in [-0.1, -0.05) is 12.1 Å². The van der Waals surface area contributed by atoms with Gasteiger partial charge in [-0.15, -0.1) is 0 Å². The number of nitrogens with zero attached hydrogens (tertiary/aromatic N) is 6. The number of hydrogen-bond acceptors (Lipinski definition) is 9. The van der Waals surface area contributed by atoms with Crippen molar-refractivity contribution in [2.45, 2.75) is 88.4 Å². The van der Waals surface area contributed by atoms with Gasteiger partial charge >= 0.3 is 12.1 Å². The molecule has 2 saturated heterocycles. The molecule has 0 radical (unpaired) electrons. The van der Waals surface area contributed by atoms with Crippen LogP contribution >= 0.6 is 0 Å². The first-order chi connectivity index (χ1) is 25.6. The zero-order chi connectivity index (χ0) is 36.7. The molecule has 2 aromatic heterocycles. The number of likely N-dealkylation sites (tertiary alicyclic amines) is 1. The van der Waals surface area contributed by atoms with Crippen LogP contribution in [0, 0.1) is 23.7 Å². The van der Waals surface area contributed by atoms with Gasteiger partial charge in [-0.05, 0) is 111 Å². The second-order valence-corrected chi connectivity index (χ2v) is 15.8. The fraction of sp³-hybridized carbons (Fsp3) is 0.590. The van der Waals surface area contributed by atoms with E-state index in [0.717, 1.165) is 68.5 Å². The van der Waals surface area contributed by atoms with Gasteiger partial charge in [0, 0.05) is 62.5 Å². The molecule has 282 valence electrons. The molecule has 4 fully saturated rings. The van der Waals surface area contributed by atoms with Crippen LogP contribution < -0.4 is 10.2 Å². The van der Waals surface area contributed by atoms with E-state index in [1.807, 2.05) is 12.1 Å². The SMILES string of the molecule is O=C(NC1CC2CC(C1)CC(C(=O)O)C2)c1cnc(N2CC(C3CCOCC3)c3cc(C4CCCN(Cc5ncccn5)C4)ccc32)nc1C(F)(F)F. The Labute approximate surface area is 306 Å². The van der Waals surface area contributed by atoms with Crippen LogP contribution in [-0.4, -0.2) is 80.7 Å². The zero-order valence-corrected chi connectivity index (χ0v) is 29.7. The fourth-order valence-corrected chi connectivity index (χ4v) is 9.87. The minimum atomic E-state index is -4.88. The van der Waals surface area contributed by atoms with E-state index in [2.05, 4.69) is 42.3 Å². The molecule has 2 bridgehead atoms. The van der Waals surface area contributed by atoms with Gasteiger partial charge in [-0.3, -0.25) is 14.5 Å². The van der Waals surface area contributed by atoms with Crippen LogP contribution in [0.4, 0.5) is 24.8 Å². The third kappa shape index (κ3) is 7.75. The van der Waals surface area contributed by atoms with Crippen molar-refractivity contribution in [1.82, 2.24) is 30.2 Å². The number of aliphatic carboxylic acids is 1. The maximum atomic E-state index is 14.7. The Hall–Kier alpha value is -4.17. The van der Waals surface area contributed by atoms with Gasteiger partial charge in [0.2, 0.25) is 5.95 Å². The lowest BCUT2D eigenvalue weighted by Gasteiger charge is -2.41. The molecule has 8 rings (SSSR count). The molecule has 4 atom stereocenters. The average Bonchev–Trinajstić information content (AvgIpc) is 3.54. The van der Waals surface area contributed by atoms with Gasteiger partial charge in [-0.2, -0.15) is 13.2 Å². The number of rotatable bonds is 8. The van der Waals surface area contributed by atoms with Crippen LogP contribution in [0.15, 0.2) is 42.9 Å². The number of carbonyl (C=O) groups excluding carboxylic acids is 1. The van der Waals surface area contributed by atoms with Gasteiger partial charge in [0.25, 0.3) is 5.91 Å². The summed E-state index contributed by atoms with van der Waals surface area (Å²) in [6.07, 6.45) is 6.52. The maximum Gasteiger partial charge on any atom is 0.434 e. The number of carboxylic acids is 1. The van der Waals surface area contributed by atoms with E-state index in [-0.39, 0.29) is 29.7 Å². The van der Waals surface area contributed by atoms with Crippen LogP contribution in [-0.2, 0) is 22.3 Å². The largest absolute Gasteiger partial charge is 0.481 e. The summed E-state index contributed by atoms with van der Waals surface area (Å²) in [5.41, 5.74) is 1.27. The molecule has 11 nitrogen and oxygen atoms in total. The Kier molecular flexibility index (Phi) is 10.1. The highest BCUT2D eigenvalue weighted by atomic mass is 19.4. The van der Waals surface area contributed by atoms with Crippen LogP contribution in [0.3, 0.4) is 0 Å². The molecule has 14 heteroatoms. The summed E-state index contributed by atoms with van der Waals surface area (Å²) in [6, 6.07) is 7.84. The summed E-state index contributed by atoms with van der Waals surface area (Å²) in [5.74, 6) is -0.426. The van der Waals surface area contributed by atoms with Crippen molar-refractivity contribution in [2.24, 2.45) is 23.7 Å². The molecule has 5 heterocycles. The minimum absolute atomic E-state index is 0.0682. The predicted octanol–water partition coefficient (Wildman–Crippen LogP) is 6.34. The van der Waals surface area contributed by atoms with Crippen LogP contribution in [0.1, 0.15) is 103 Å². The second kappa shape index (κ2) is 14.9. The van der Waals surface area contributed by atoms with Crippen molar-refractivity contribution in [3.05, 3.63) is 71.1 Å². The summed E-state index contributed by atoms with van der Waals surface area (Å²) in [5, 5.41) is 12.3. The number of anilines is 2. The molecule has 0 spiro atoms. The van der Waals surface area contributed by atoms with E-state index in [4.69, 9.17) is 4.74 Å². The Morgan fingerprint density at radius 2 is 1.72 bits per heavy atom. The van der Waals surface area contributed by atoms with Gasteiger partial charge in [0.05, 0.1) is 18.0 Å². The van der Waals surface area contributed by atoms with Crippen molar-refractivity contribution in [2.75, 3.05) is 37.7 Å². The number of alkyl halides is 3. The molecule has 4 unspecified atom stereocenters. The number of halogens is 3. The van der Waals surface area contributed by atoms with E-state index in [9.17, 15) is 27.9 Å². The van der Waals surface area contributed by atoms with Crippen LogP contribution in [0.5, 0.6) is 0 Å². The predicted molar refractivity (Wildman–Crippen MR) is 188 cm³/mol. The summed E-state index contributed by atoms with van der Waals surface area (Å²) in [7, 11) is 0. The minimum Gasteiger partial charge on any atom is -0.481 e. The smallest absolute Gasteiger partial charge is 0.434 e. The number of nitrogens with one attached hydrogen (secondary N) is 1. The number of carbonyl (C=O) groups is 2. The van der Waals surface area contributed by atoms with E-state index >= 15 is 0 Å². The zero-order valence-electron chi connectivity index (χ0n) is 29.7. The lowest BCUT2D eigenvalue weighted by atomic mass is 9.66. The van der Waals surface area contributed by atoms with Crippen molar-refractivity contribution in [1.29, 1.82) is 0 Å². The number of aromatic nitrogens is 4. The van der Waals surface area contributed by atoms with E-state index in [1.54, 1.807) is 17.3 Å². The van der Waals surface area contributed by atoms with E-state index in [0.29, 0.717) is 63.8 Å². The third-order valence-corrected chi connectivity index (χ3v) is 12.3. The molecule has 2 aliphatic carbocycles. The molecule has 2 N–H and O–H groups in total. The molecule has 3 aliphatic heterocycles. The summed E-state index contributed by atoms with van der Waals surface area (Å²) < 4.78 is 49.7. The number of benzene rings is 1. The summed E-state index contributed by atoms with van der Waals surface area (Å²) in [6.45, 7) is 4.27. The van der Waals surface area contributed by atoms with Crippen molar-refractivity contribution in [3.63, 3.8) is 0 Å². The van der Waals surface area contributed by atoms with Crippen molar-refractivity contribution >= 4 is 23.5 Å².